The van der Waals surface area contributed by atoms with Gasteiger partial charge in [0, 0.05) is 37.7 Å². The molecule has 26 heavy (non-hydrogen) atoms. The van der Waals surface area contributed by atoms with Gasteiger partial charge in [-0.1, -0.05) is 24.3 Å². The monoisotopic (exact) mass is 396 g/mol. The smallest absolute Gasteiger partial charge is 0.242 e. The van der Waals surface area contributed by atoms with E-state index in [-0.39, 0.29) is 36.8 Å². The number of amides is 1. The third kappa shape index (κ3) is 5.10. The fourth-order valence-corrected chi connectivity index (χ4v) is 3.23. The van der Waals surface area contributed by atoms with Crippen LogP contribution < -0.4 is 10.6 Å². The van der Waals surface area contributed by atoms with E-state index < -0.39 is 0 Å². The second kappa shape index (κ2) is 10.4. The Morgan fingerprint density at radius 3 is 2.62 bits per heavy atom. The minimum absolute atomic E-state index is 0. The minimum atomic E-state index is 0. The van der Waals surface area contributed by atoms with Crippen LogP contribution in [-0.2, 0) is 4.79 Å². The number of rotatable bonds is 4. The van der Waals surface area contributed by atoms with Gasteiger partial charge in [-0.25, -0.2) is 0 Å². The molecule has 2 aromatic rings. The van der Waals surface area contributed by atoms with E-state index in [1.807, 2.05) is 29.3 Å². The number of pyridine rings is 1. The lowest BCUT2D eigenvalue weighted by atomic mass is 10.1. The Morgan fingerprint density at radius 2 is 1.96 bits per heavy atom. The fourth-order valence-electron chi connectivity index (χ4n) is 3.23. The SMILES string of the molecule is Cc1cccc(C)c1NCC(=O)N1CCNCC1c1cccnc1.Cl.Cl. The van der Waals surface area contributed by atoms with Crippen LogP contribution >= 0.6 is 24.8 Å². The lowest BCUT2D eigenvalue weighted by Crippen LogP contribution is -2.50. The molecule has 1 aliphatic heterocycles. The number of para-hydroxylation sites is 1. The Bertz CT molecular complexity index is 692. The maximum absolute atomic E-state index is 12.8. The molecule has 1 aliphatic rings. The number of carbonyl (C=O) groups is 1. The van der Waals surface area contributed by atoms with Gasteiger partial charge >= 0.3 is 0 Å². The molecule has 1 amide bonds. The predicted octanol–water partition coefficient (Wildman–Crippen LogP) is 3.13. The molecule has 0 spiro atoms. The predicted molar refractivity (Wildman–Crippen MR) is 110 cm³/mol. The van der Waals surface area contributed by atoms with Crippen molar-refractivity contribution in [2.75, 3.05) is 31.5 Å². The van der Waals surface area contributed by atoms with Crippen molar-refractivity contribution in [1.82, 2.24) is 15.2 Å². The van der Waals surface area contributed by atoms with Gasteiger partial charge < -0.3 is 15.5 Å². The first-order chi connectivity index (χ1) is 11.7. The molecule has 142 valence electrons. The summed E-state index contributed by atoms with van der Waals surface area (Å²) in [6.07, 6.45) is 3.60. The maximum atomic E-state index is 12.8. The quantitative estimate of drug-likeness (QED) is 0.833. The number of piperazine rings is 1. The highest BCUT2D eigenvalue weighted by molar-refractivity contribution is 5.85. The van der Waals surface area contributed by atoms with Gasteiger partial charge in [-0.15, -0.1) is 24.8 Å². The molecule has 1 aromatic heterocycles. The van der Waals surface area contributed by atoms with Crippen molar-refractivity contribution >= 4 is 36.4 Å². The number of anilines is 1. The molecular formula is C19H26Cl2N4O. The molecule has 0 bridgehead atoms. The van der Waals surface area contributed by atoms with E-state index in [1.165, 1.54) is 0 Å². The molecule has 1 unspecified atom stereocenters. The molecule has 1 fully saturated rings. The van der Waals surface area contributed by atoms with E-state index in [0.717, 1.165) is 35.5 Å². The molecule has 3 rings (SSSR count). The lowest BCUT2D eigenvalue weighted by molar-refractivity contribution is -0.132. The molecule has 2 N–H and O–H groups in total. The van der Waals surface area contributed by atoms with Crippen LogP contribution in [0.25, 0.3) is 0 Å². The number of aromatic nitrogens is 1. The number of halogens is 2. The Kier molecular flexibility index (Phi) is 8.85. The molecule has 0 radical (unpaired) electrons. The summed E-state index contributed by atoms with van der Waals surface area (Å²) >= 11 is 0. The largest absolute Gasteiger partial charge is 0.376 e. The number of carbonyl (C=O) groups excluding carboxylic acids is 1. The molecule has 0 aliphatic carbocycles. The van der Waals surface area contributed by atoms with E-state index in [0.29, 0.717) is 13.1 Å². The Hall–Kier alpha value is -1.82. The van der Waals surface area contributed by atoms with Crippen LogP contribution in [0.3, 0.4) is 0 Å². The lowest BCUT2D eigenvalue weighted by Gasteiger charge is -2.36. The summed E-state index contributed by atoms with van der Waals surface area (Å²) in [5, 5.41) is 6.69. The maximum Gasteiger partial charge on any atom is 0.242 e. The number of hydrogen-bond donors (Lipinski definition) is 2. The number of aryl methyl sites for hydroxylation is 2. The van der Waals surface area contributed by atoms with Crippen LogP contribution in [0.1, 0.15) is 22.7 Å². The van der Waals surface area contributed by atoms with Gasteiger partial charge in [-0.05, 0) is 36.6 Å². The van der Waals surface area contributed by atoms with Crippen LogP contribution in [0, 0.1) is 13.8 Å². The van der Waals surface area contributed by atoms with Crippen molar-refractivity contribution in [3.63, 3.8) is 0 Å². The second-order valence-electron chi connectivity index (χ2n) is 6.21. The van der Waals surface area contributed by atoms with Gasteiger partial charge in [0.05, 0.1) is 12.6 Å². The second-order valence-corrected chi connectivity index (χ2v) is 6.21. The van der Waals surface area contributed by atoms with Crippen molar-refractivity contribution in [3.05, 3.63) is 59.4 Å². The van der Waals surface area contributed by atoms with Gasteiger partial charge in [0.2, 0.25) is 5.91 Å². The number of nitrogens with one attached hydrogen (secondary N) is 2. The first-order valence-electron chi connectivity index (χ1n) is 8.37. The summed E-state index contributed by atoms with van der Waals surface area (Å²) < 4.78 is 0. The van der Waals surface area contributed by atoms with Crippen molar-refractivity contribution in [2.24, 2.45) is 0 Å². The Morgan fingerprint density at radius 1 is 1.23 bits per heavy atom. The number of benzene rings is 1. The van der Waals surface area contributed by atoms with Gasteiger partial charge in [0.25, 0.3) is 0 Å². The third-order valence-electron chi connectivity index (χ3n) is 4.53. The topological polar surface area (TPSA) is 57.3 Å². The molecule has 2 heterocycles. The highest BCUT2D eigenvalue weighted by atomic mass is 35.5. The van der Waals surface area contributed by atoms with E-state index in [9.17, 15) is 4.79 Å². The number of hydrogen-bond acceptors (Lipinski definition) is 4. The summed E-state index contributed by atoms with van der Waals surface area (Å²) in [4.78, 5) is 18.9. The van der Waals surface area contributed by atoms with E-state index in [4.69, 9.17) is 0 Å². The molecule has 1 aromatic carbocycles. The van der Waals surface area contributed by atoms with Gasteiger partial charge in [-0.3, -0.25) is 9.78 Å². The summed E-state index contributed by atoms with van der Waals surface area (Å²) in [7, 11) is 0. The van der Waals surface area contributed by atoms with Gasteiger partial charge in [0.1, 0.15) is 0 Å². The normalized spacial score (nSPS) is 16.2. The molecule has 1 atom stereocenters. The molecule has 7 heteroatoms. The zero-order valence-electron chi connectivity index (χ0n) is 15.1. The average molecular weight is 397 g/mol. The number of nitrogens with zero attached hydrogens (tertiary/aromatic N) is 2. The summed E-state index contributed by atoms with van der Waals surface area (Å²) in [5.41, 5.74) is 4.45. The Balaban J connectivity index is 0.00000169. The van der Waals surface area contributed by atoms with Crippen LogP contribution in [0.5, 0.6) is 0 Å². The fraction of sp³-hybridized carbons (Fsp3) is 0.368. The van der Waals surface area contributed by atoms with Crippen molar-refractivity contribution in [1.29, 1.82) is 0 Å². The first kappa shape index (κ1) is 22.2. The zero-order chi connectivity index (χ0) is 16.9. The highest BCUT2D eigenvalue weighted by Crippen LogP contribution is 2.23. The summed E-state index contributed by atoms with van der Waals surface area (Å²) in [6.45, 7) is 6.73. The standard InChI is InChI=1S/C19H24N4O.2ClH/c1-14-5-3-6-15(2)19(14)22-13-18(24)23-10-9-21-12-17(23)16-7-4-8-20-11-16;;/h3-8,11,17,21-22H,9-10,12-13H2,1-2H3;2*1H. The van der Waals surface area contributed by atoms with E-state index in [1.54, 1.807) is 6.20 Å². The molecule has 5 nitrogen and oxygen atoms in total. The van der Waals surface area contributed by atoms with Gasteiger partial charge in [-0.2, -0.15) is 0 Å². The van der Waals surface area contributed by atoms with Gasteiger partial charge in [0.15, 0.2) is 0 Å². The third-order valence-corrected chi connectivity index (χ3v) is 4.53. The average Bonchev–Trinajstić information content (AvgIpc) is 2.62. The van der Waals surface area contributed by atoms with Crippen LogP contribution in [0.4, 0.5) is 5.69 Å². The molecule has 1 saturated heterocycles. The first-order valence-corrected chi connectivity index (χ1v) is 8.37. The summed E-state index contributed by atoms with van der Waals surface area (Å²) in [6, 6.07) is 10.1. The minimum Gasteiger partial charge on any atom is -0.376 e. The van der Waals surface area contributed by atoms with Crippen LogP contribution in [0.2, 0.25) is 0 Å². The van der Waals surface area contributed by atoms with E-state index in [2.05, 4.69) is 41.6 Å². The summed E-state index contributed by atoms with van der Waals surface area (Å²) in [5.74, 6) is 0.119. The van der Waals surface area contributed by atoms with Crippen LogP contribution in [-0.4, -0.2) is 42.0 Å². The van der Waals surface area contributed by atoms with Crippen LogP contribution in [0.15, 0.2) is 42.7 Å². The van der Waals surface area contributed by atoms with Crippen molar-refractivity contribution in [3.8, 4) is 0 Å². The Labute approximate surface area is 167 Å². The molecule has 0 saturated carbocycles. The molecular weight excluding hydrogens is 371 g/mol. The van der Waals surface area contributed by atoms with E-state index >= 15 is 0 Å². The van der Waals surface area contributed by atoms with Crippen molar-refractivity contribution in [2.45, 2.75) is 19.9 Å². The van der Waals surface area contributed by atoms with Crippen molar-refractivity contribution < 1.29 is 4.79 Å². The zero-order valence-corrected chi connectivity index (χ0v) is 16.7. The highest BCUT2D eigenvalue weighted by Gasteiger charge is 2.27.